The molecule has 1 aromatic heterocycles. The van der Waals surface area contributed by atoms with Gasteiger partial charge in [-0.15, -0.1) is 0 Å². The molecule has 0 unspecified atom stereocenters. The SMILES string of the molecule is CC(C)c1cc2c(c(C3CC3)n1)CN(C)C2=O. The maximum Gasteiger partial charge on any atom is 0.254 e. The van der Waals surface area contributed by atoms with E-state index in [2.05, 4.69) is 13.8 Å². The predicted octanol–water partition coefficient (Wildman–Crippen LogP) is 2.67. The lowest BCUT2D eigenvalue weighted by Crippen LogP contribution is -2.17. The molecule has 0 aromatic carbocycles. The highest BCUT2D eigenvalue weighted by molar-refractivity contribution is 5.98. The van der Waals surface area contributed by atoms with Crippen molar-refractivity contribution in [3.63, 3.8) is 0 Å². The number of fused-ring (bicyclic) bond motifs is 1. The molecule has 1 aromatic rings. The topological polar surface area (TPSA) is 33.2 Å². The molecule has 1 amide bonds. The number of carbonyl (C=O) groups excluding carboxylic acids is 1. The molecule has 2 heterocycles. The molecule has 1 aliphatic heterocycles. The second-order valence-electron chi connectivity index (χ2n) is 5.55. The minimum atomic E-state index is 0.159. The molecule has 1 fully saturated rings. The number of rotatable bonds is 2. The number of hydrogen-bond donors (Lipinski definition) is 0. The lowest BCUT2D eigenvalue weighted by molar-refractivity contribution is 0.0816. The predicted molar refractivity (Wildman–Crippen MR) is 66.1 cm³/mol. The Morgan fingerprint density at radius 1 is 1.41 bits per heavy atom. The minimum Gasteiger partial charge on any atom is -0.337 e. The summed E-state index contributed by atoms with van der Waals surface area (Å²) >= 11 is 0. The molecular weight excluding hydrogens is 212 g/mol. The maximum atomic E-state index is 12.1. The summed E-state index contributed by atoms with van der Waals surface area (Å²) in [5.74, 6) is 1.16. The van der Waals surface area contributed by atoms with Crippen molar-refractivity contribution in [2.24, 2.45) is 0 Å². The van der Waals surface area contributed by atoms with Gasteiger partial charge in [0.1, 0.15) is 0 Å². The van der Waals surface area contributed by atoms with Crippen LogP contribution in [0.4, 0.5) is 0 Å². The highest BCUT2D eigenvalue weighted by atomic mass is 16.2. The molecule has 3 rings (SSSR count). The number of nitrogens with zero attached hydrogens (tertiary/aromatic N) is 2. The molecule has 17 heavy (non-hydrogen) atoms. The van der Waals surface area contributed by atoms with Crippen molar-refractivity contribution in [2.45, 2.75) is 45.1 Å². The first-order chi connectivity index (χ1) is 8.08. The van der Waals surface area contributed by atoms with Gasteiger partial charge < -0.3 is 4.90 Å². The molecule has 0 N–H and O–H groups in total. The van der Waals surface area contributed by atoms with Crippen LogP contribution < -0.4 is 0 Å². The van der Waals surface area contributed by atoms with Gasteiger partial charge in [-0.3, -0.25) is 9.78 Å². The normalized spacial score (nSPS) is 19.1. The van der Waals surface area contributed by atoms with Crippen LogP contribution in [0.5, 0.6) is 0 Å². The summed E-state index contributed by atoms with van der Waals surface area (Å²) in [6.45, 7) is 5.01. The van der Waals surface area contributed by atoms with E-state index < -0.39 is 0 Å². The van der Waals surface area contributed by atoms with E-state index in [0.717, 1.165) is 17.8 Å². The van der Waals surface area contributed by atoms with Crippen LogP contribution in [0.1, 0.15) is 65.8 Å². The number of carbonyl (C=O) groups is 1. The first kappa shape index (κ1) is 10.8. The summed E-state index contributed by atoms with van der Waals surface area (Å²) < 4.78 is 0. The number of amides is 1. The van der Waals surface area contributed by atoms with Crippen molar-refractivity contribution in [3.8, 4) is 0 Å². The lowest BCUT2D eigenvalue weighted by atomic mass is 10.0. The van der Waals surface area contributed by atoms with Crippen LogP contribution in [-0.2, 0) is 6.54 Å². The van der Waals surface area contributed by atoms with Gasteiger partial charge >= 0.3 is 0 Å². The van der Waals surface area contributed by atoms with Gasteiger partial charge in [0.05, 0.1) is 0 Å². The van der Waals surface area contributed by atoms with Crippen LogP contribution in [-0.4, -0.2) is 22.8 Å². The Hall–Kier alpha value is -1.38. The van der Waals surface area contributed by atoms with E-state index in [-0.39, 0.29) is 5.91 Å². The Morgan fingerprint density at radius 2 is 2.12 bits per heavy atom. The molecule has 0 bridgehead atoms. The summed E-state index contributed by atoms with van der Waals surface area (Å²) in [4.78, 5) is 18.7. The third kappa shape index (κ3) is 1.65. The van der Waals surface area contributed by atoms with E-state index in [1.807, 2.05) is 13.1 Å². The average Bonchev–Trinajstić information content (AvgIpc) is 3.07. The molecule has 1 aliphatic carbocycles. The highest BCUT2D eigenvalue weighted by Crippen LogP contribution is 2.43. The Balaban J connectivity index is 2.16. The van der Waals surface area contributed by atoms with Gasteiger partial charge in [0.25, 0.3) is 5.91 Å². The molecule has 3 nitrogen and oxygen atoms in total. The minimum absolute atomic E-state index is 0.159. The van der Waals surface area contributed by atoms with E-state index in [4.69, 9.17) is 4.98 Å². The Bertz CT molecular complexity index is 489. The zero-order valence-electron chi connectivity index (χ0n) is 10.7. The summed E-state index contributed by atoms with van der Waals surface area (Å²) in [7, 11) is 1.87. The van der Waals surface area contributed by atoms with E-state index >= 15 is 0 Å². The van der Waals surface area contributed by atoms with E-state index in [9.17, 15) is 4.79 Å². The first-order valence-electron chi connectivity index (χ1n) is 6.37. The Morgan fingerprint density at radius 3 is 2.71 bits per heavy atom. The quantitative estimate of drug-likeness (QED) is 0.782. The van der Waals surface area contributed by atoms with E-state index in [1.165, 1.54) is 24.1 Å². The zero-order valence-corrected chi connectivity index (χ0v) is 10.7. The van der Waals surface area contributed by atoms with Crippen molar-refractivity contribution in [1.29, 1.82) is 0 Å². The van der Waals surface area contributed by atoms with Gasteiger partial charge in [-0.2, -0.15) is 0 Å². The third-order valence-corrected chi connectivity index (χ3v) is 3.70. The summed E-state index contributed by atoms with van der Waals surface area (Å²) in [6.07, 6.45) is 2.47. The summed E-state index contributed by atoms with van der Waals surface area (Å²) in [5.41, 5.74) is 4.34. The smallest absolute Gasteiger partial charge is 0.254 e. The van der Waals surface area contributed by atoms with Crippen LogP contribution in [0.2, 0.25) is 0 Å². The van der Waals surface area contributed by atoms with Crippen molar-refractivity contribution < 1.29 is 4.79 Å². The van der Waals surface area contributed by atoms with Gasteiger partial charge in [0.15, 0.2) is 0 Å². The first-order valence-corrected chi connectivity index (χ1v) is 6.37. The number of hydrogen-bond acceptors (Lipinski definition) is 2. The summed E-state index contributed by atoms with van der Waals surface area (Å²) in [5, 5.41) is 0. The van der Waals surface area contributed by atoms with Crippen molar-refractivity contribution in [1.82, 2.24) is 9.88 Å². The molecule has 0 saturated heterocycles. The molecule has 2 aliphatic rings. The zero-order chi connectivity index (χ0) is 12.2. The van der Waals surface area contributed by atoms with Gasteiger partial charge in [0.2, 0.25) is 0 Å². The fourth-order valence-electron chi connectivity index (χ4n) is 2.47. The number of aromatic nitrogens is 1. The monoisotopic (exact) mass is 230 g/mol. The van der Waals surface area contributed by atoms with Gasteiger partial charge in [-0.05, 0) is 24.8 Å². The fourth-order valence-corrected chi connectivity index (χ4v) is 2.47. The van der Waals surface area contributed by atoms with Gasteiger partial charge in [0, 0.05) is 42.0 Å². The van der Waals surface area contributed by atoms with Crippen molar-refractivity contribution in [3.05, 3.63) is 28.6 Å². The summed E-state index contributed by atoms with van der Waals surface area (Å²) in [6, 6.07) is 2.00. The fraction of sp³-hybridized carbons (Fsp3) is 0.571. The Kier molecular flexibility index (Phi) is 2.25. The van der Waals surface area contributed by atoms with Gasteiger partial charge in [-0.25, -0.2) is 0 Å². The van der Waals surface area contributed by atoms with Crippen molar-refractivity contribution in [2.75, 3.05) is 7.05 Å². The van der Waals surface area contributed by atoms with E-state index in [1.54, 1.807) is 4.90 Å². The van der Waals surface area contributed by atoms with Crippen LogP contribution in [0, 0.1) is 0 Å². The molecule has 3 heteroatoms. The third-order valence-electron chi connectivity index (χ3n) is 3.70. The van der Waals surface area contributed by atoms with E-state index in [0.29, 0.717) is 11.8 Å². The van der Waals surface area contributed by atoms with Crippen molar-refractivity contribution >= 4 is 5.91 Å². The molecular formula is C14H18N2O. The van der Waals surface area contributed by atoms with Crippen LogP contribution >= 0.6 is 0 Å². The second kappa shape index (κ2) is 3.56. The molecule has 0 atom stereocenters. The van der Waals surface area contributed by atoms with Gasteiger partial charge in [-0.1, -0.05) is 13.8 Å². The molecule has 0 spiro atoms. The molecule has 1 saturated carbocycles. The van der Waals surface area contributed by atoms with Crippen LogP contribution in [0.15, 0.2) is 6.07 Å². The average molecular weight is 230 g/mol. The van der Waals surface area contributed by atoms with Crippen LogP contribution in [0.3, 0.4) is 0 Å². The molecule has 0 radical (unpaired) electrons. The Labute approximate surface area is 102 Å². The highest BCUT2D eigenvalue weighted by Gasteiger charge is 2.35. The lowest BCUT2D eigenvalue weighted by Gasteiger charge is -2.10. The number of pyridine rings is 1. The largest absolute Gasteiger partial charge is 0.337 e. The second-order valence-corrected chi connectivity index (χ2v) is 5.55. The molecule has 90 valence electrons. The van der Waals surface area contributed by atoms with Crippen LogP contribution in [0.25, 0.3) is 0 Å². The maximum absolute atomic E-state index is 12.1. The standard InChI is InChI=1S/C14H18N2O/c1-8(2)12-6-10-11(7-16(3)14(10)17)13(15-12)9-4-5-9/h6,8-9H,4-5,7H2,1-3H3.